The molecule has 0 aromatic heterocycles. The molecule has 1 heterocycles. The lowest BCUT2D eigenvalue weighted by Gasteiger charge is -2.23. The Morgan fingerprint density at radius 1 is 1.30 bits per heavy atom. The van der Waals surface area contributed by atoms with Crippen molar-refractivity contribution in [1.82, 2.24) is 4.90 Å². The van der Waals surface area contributed by atoms with E-state index in [9.17, 15) is 4.79 Å². The van der Waals surface area contributed by atoms with Crippen molar-refractivity contribution >= 4 is 40.9 Å². The van der Waals surface area contributed by atoms with E-state index in [0.717, 1.165) is 16.6 Å². The average Bonchev–Trinajstić information content (AvgIpc) is 2.96. The molecule has 6 heteroatoms. The van der Waals surface area contributed by atoms with Gasteiger partial charge in [-0.3, -0.25) is 9.79 Å². The van der Waals surface area contributed by atoms with Gasteiger partial charge in [-0.2, -0.15) is 0 Å². The summed E-state index contributed by atoms with van der Waals surface area (Å²) in [6.07, 6.45) is 6.91. The van der Waals surface area contributed by atoms with Gasteiger partial charge in [0.1, 0.15) is 0 Å². The van der Waals surface area contributed by atoms with Crippen LogP contribution < -0.4 is 5.32 Å². The number of halogens is 1. The van der Waals surface area contributed by atoms with Crippen molar-refractivity contribution < 1.29 is 4.79 Å². The summed E-state index contributed by atoms with van der Waals surface area (Å²) in [5.41, 5.74) is 2.14. The fourth-order valence-electron chi connectivity index (χ4n) is 3.63. The van der Waals surface area contributed by atoms with Gasteiger partial charge in [-0.05, 0) is 36.5 Å². The molecule has 1 aliphatic heterocycles. The number of carbonyl (C=O) groups excluding carboxylic acids is 1. The quantitative estimate of drug-likeness (QED) is 0.717. The van der Waals surface area contributed by atoms with E-state index in [1.54, 1.807) is 11.8 Å². The third-order valence-electron chi connectivity index (χ3n) is 5.38. The second-order valence-corrected chi connectivity index (χ2v) is 8.80. The maximum absolute atomic E-state index is 12.5. The van der Waals surface area contributed by atoms with Gasteiger partial charge in [0.05, 0.1) is 6.04 Å². The largest absolute Gasteiger partial charge is 0.350 e. The number of amides is 1. The van der Waals surface area contributed by atoms with Gasteiger partial charge in [-0.1, -0.05) is 57.0 Å². The highest BCUT2D eigenvalue weighted by molar-refractivity contribution is 8.14. The summed E-state index contributed by atoms with van der Waals surface area (Å²) in [6, 6.07) is 8.88. The smallest absolute Gasteiger partial charge is 0.226 e. The lowest BCUT2D eigenvalue weighted by molar-refractivity contribution is -0.116. The molecule has 0 spiro atoms. The maximum atomic E-state index is 12.5. The summed E-state index contributed by atoms with van der Waals surface area (Å²) < 4.78 is 0. The van der Waals surface area contributed by atoms with Crippen LogP contribution in [0.25, 0.3) is 0 Å². The Morgan fingerprint density at radius 2 is 2.04 bits per heavy atom. The summed E-state index contributed by atoms with van der Waals surface area (Å²) in [5, 5.41) is 4.19. The Morgan fingerprint density at radius 3 is 2.74 bits per heavy atom. The van der Waals surface area contributed by atoms with Gasteiger partial charge in [0.15, 0.2) is 5.17 Å². The Balaban J connectivity index is 0.00000261. The maximum Gasteiger partial charge on any atom is 0.226 e. The minimum absolute atomic E-state index is 0. The minimum Gasteiger partial charge on any atom is -0.350 e. The molecule has 1 saturated heterocycles. The van der Waals surface area contributed by atoms with Crippen LogP contribution in [0.2, 0.25) is 0 Å². The summed E-state index contributed by atoms with van der Waals surface area (Å²) in [6.45, 7) is 4.33. The predicted molar refractivity (Wildman–Crippen MR) is 119 cm³/mol. The Labute approximate surface area is 174 Å². The summed E-state index contributed by atoms with van der Waals surface area (Å²) in [7, 11) is 2.08. The number of aliphatic imine (C=N–C) groups is 1. The number of nitrogens with one attached hydrogen (secondary N) is 1. The predicted octanol–water partition coefficient (Wildman–Crippen LogP) is 5.30. The average molecular weight is 410 g/mol. The van der Waals surface area contributed by atoms with E-state index < -0.39 is 0 Å². The van der Waals surface area contributed by atoms with Gasteiger partial charge in [0, 0.05) is 31.0 Å². The van der Waals surface area contributed by atoms with Gasteiger partial charge in [-0.15, -0.1) is 12.4 Å². The first-order chi connectivity index (χ1) is 12.5. The van der Waals surface area contributed by atoms with E-state index >= 15 is 0 Å². The zero-order valence-corrected chi connectivity index (χ0v) is 18.2. The highest BCUT2D eigenvalue weighted by Gasteiger charge is 2.29. The van der Waals surface area contributed by atoms with Gasteiger partial charge >= 0.3 is 0 Å². The van der Waals surface area contributed by atoms with E-state index in [1.807, 2.05) is 12.1 Å². The van der Waals surface area contributed by atoms with Crippen molar-refractivity contribution in [3.05, 3.63) is 29.8 Å². The number of rotatable bonds is 5. The van der Waals surface area contributed by atoms with Crippen molar-refractivity contribution in [1.29, 1.82) is 0 Å². The number of nitrogens with zero attached hydrogens (tertiary/aromatic N) is 2. The fraction of sp³-hybridized carbons (Fsp3) is 0.619. The normalized spacial score (nSPS) is 22.1. The SMILES string of the molecule is CC(C)c1cccc(NC(=O)CC2CSC(=NC3CCCCC3)N2C)c1.Cl. The zero-order valence-electron chi connectivity index (χ0n) is 16.6. The van der Waals surface area contributed by atoms with Gasteiger partial charge in [-0.25, -0.2) is 0 Å². The molecule has 27 heavy (non-hydrogen) atoms. The number of thioether (sulfide) groups is 1. The molecule has 1 aromatic rings. The van der Waals surface area contributed by atoms with Crippen LogP contribution in [-0.4, -0.2) is 40.9 Å². The molecule has 1 aliphatic carbocycles. The molecular weight excluding hydrogens is 378 g/mol. The molecule has 1 aromatic carbocycles. The van der Waals surface area contributed by atoms with E-state index in [2.05, 4.69) is 43.2 Å². The summed E-state index contributed by atoms with van der Waals surface area (Å²) in [4.78, 5) is 19.7. The lowest BCUT2D eigenvalue weighted by Crippen LogP contribution is -2.34. The number of carbonyl (C=O) groups is 1. The van der Waals surface area contributed by atoms with Crippen LogP contribution >= 0.6 is 24.2 Å². The third kappa shape index (κ3) is 6.15. The minimum atomic E-state index is 0. The van der Waals surface area contributed by atoms with Crippen LogP contribution in [-0.2, 0) is 4.79 Å². The number of anilines is 1. The second kappa shape index (κ2) is 10.4. The van der Waals surface area contributed by atoms with Crippen molar-refractivity contribution in [3.63, 3.8) is 0 Å². The molecule has 0 radical (unpaired) electrons. The molecule has 1 saturated carbocycles. The third-order valence-corrected chi connectivity index (χ3v) is 6.58. The number of benzene rings is 1. The number of amidine groups is 1. The van der Waals surface area contributed by atoms with E-state index in [-0.39, 0.29) is 24.4 Å². The van der Waals surface area contributed by atoms with Crippen LogP contribution in [0.5, 0.6) is 0 Å². The number of hydrogen-bond acceptors (Lipinski definition) is 3. The van der Waals surface area contributed by atoms with Crippen LogP contribution in [0.1, 0.15) is 63.9 Å². The standard InChI is InChI=1S/C21H31N3OS.ClH/c1-15(2)16-8-7-11-18(12-16)22-20(25)13-19-14-26-21(24(19)3)23-17-9-5-4-6-10-17;/h7-8,11-12,15,17,19H,4-6,9-10,13-14H2,1-3H3,(H,22,25);1H. The van der Waals surface area contributed by atoms with Crippen LogP contribution in [0.4, 0.5) is 5.69 Å². The molecule has 0 bridgehead atoms. The molecule has 2 aliphatic rings. The lowest BCUT2D eigenvalue weighted by atomic mass is 9.96. The van der Waals surface area contributed by atoms with Crippen molar-refractivity contribution in [2.45, 2.75) is 70.4 Å². The first-order valence-electron chi connectivity index (χ1n) is 9.86. The monoisotopic (exact) mass is 409 g/mol. The highest BCUT2D eigenvalue weighted by atomic mass is 35.5. The molecule has 150 valence electrons. The fourth-order valence-corrected chi connectivity index (χ4v) is 4.89. The zero-order chi connectivity index (χ0) is 18.5. The molecule has 1 unspecified atom stereocenters. The van der Waals surface area contributed by atoms with Crippen molar-refractivity contribution in [2.75, 3.05) is 18.1 Å². The van der Waals surface area contributed by atoms with Crippen molar-refractivity contribution in [2.24, 2.45) is 4.99 Å². The Kier molecular flexibility index (Phi) is 8.49. The molecule has 1 N–H and O–H groups in total. The summed E-state index contributed by atoms with van der Waals surface area (Å²) in [5.74, 6) is 1.49. The first kappa shape index (κ1) is 22.1. The van der Waals surface area contributed by atoms with E-state index in [1.165, 1.54) is 37.7 Å². The van der Waals surface area contributed by atoms with Gasteiger partial charge in [0.2, 0.25) is 5.91 Å². The molecule has 4 nitrogen and oxygen atoms in total. The van der Waals surface area contributed by atoms with Crippen LogP contribution in [0.3, 0.4) is 0 Å². The van der Waals surface area contributed by atoms with Gasteiger partial charge < -0.3 is 10.2 Å². The molecule has 2 fully saturated rings. The molecule has 1 atom stereocenters. The summed E-state index contributed by atoms with van der Waals surface area (Å²) >= 11 is 1.80. The van der Waals surface area contributed by atoms with Crippen molar-refractivity contribution in [3.8, 4) is 0 Å². The highest BCUT2D eigenvalue weighted by Crippen LogP contribution is 2.28. The Hall–Kier alpha value is -1.20. The van der Waals surface area contributed by atoms with Gasteiger partial charge in [0.25, 0.3) is 0 Å². The van der Waals surface area contributed by atoms with E-state index in [0.29, 0.717) is 18.4 Å². The van der Waals surface area contributed by atoms with E-state index in [4.69, 9.17) is 4.99 Å². The Bertz CT molecular complexity index is 659. The molecule has 3 rings (SSSR count). The van der Waals surface area contributed by atoms with Crippen LogP contribution in [0, 0.1) is 0 Å². The van der Waals surface area contributed by atoms with Crippen LogP contribution in [0.15, 0.2) is 29.3 Å². The number of hydrogen-bond donors (Lipinski definition) is 1. The topological polar surface area (TPSA) is 44.7 Å². The molecular formula is C21H32ClN3OS. The molecule has 1 amide bonds. The first-order valence-corrected chi connectivity index (χ1v) is 10.8. The second-order valence-electron chi connectivity index (χ2n) is 7.81.